The minimum atomic E-state index is -0.0589. The van der Waals surface area contributed by atoms with Crippen LogP contribution >= 0.6 is 0 Å². The minimum Gasteiger partial charge on any atom is -0.494 e. The largest absolute Gasteiger partial charge is 0.494 e. The third kappa shape index (κ3) is 4.73. The Balaban J connectivity index is 1.51. The average Bonchev–Trinajstić information content (AvgIpc) is 3.26. The van der Waals surface area contributed by atoms with E-state index in [1.54, 1.807) is 6.07 Å². The first-order valence-corrected chi connectivity index (χ1v) is 10.4. The lowest BCUT2D eigenvalue weighted by atomic mass is 9.95. The van der Waals surface area contributed by atoms with E-state index in [0.29, 0.717) is 31.4 Å². The van der Waals surface area contributed by atoms with Crippen molar-refractivity contribution < 1.29 is 14.1 Å². The van der Waals surface area contributed by atoms with Crippen molar-refractivity contribution in [3.63, 3.8) is 0 Å². The van der Waals surface area contributed by atoms with Crippen molar-refractivity contribution in [2.24, 2.45) is 0 Å². The number of aryl methyl sites for hydroxylation is 1. The number of carbonyl (C=O) groups excluding carboxylic acids is 1. The lowest BCUT2D eigenvalue weighted by Gasteiger charge is -2.37. The minimum absolute atomic E-state index is 0.0589. The monoisotopic (exact) mass is 383 g/mol. The summed E-state index contributed by atoms with van der Waals surface area (Å²) in [5.41, 5.74) is 1.73. The van der Waals surface area contributed by atoms with Gasteiger partial charge in [0.25, 0.3) is 5.91 Å². The number of piperidine rings is 1. The van der Waals surface area contributed by atoms with Gasteiger partial charge >= 0.3 is 0 Å². The maximum absolute atomic E-state index is 12.8. The molecule has 6 heteroatoms. The molecule has 3 heterocycles. The Morgan fingerprint density at radius 1 is 1.04 bits per heavy atom. The highest BCUT2D eigenvalue weighted by Gasteiger charge is 2.25. The highest BCUT2D eigenvalue weighted by atomic mass is 16.5. The van der Waals surface area contributed by atoms with Crippen LogP contribution in [0.1, 0.15) is 48.2 Å². The molecule has 4 rings (SSSR count). The third-order valence-corrected chi connectivity index (χ3v) is 5.86. The fraction of sp³-hybridized carbons (Fsp3) is 0.545. The maximum atomic E-state index is 12.8. The number of nitrogens with zero attached hydrogens (tertiary/aromatic N) is 3. The van der Waals surface area contributed by atoms with E-state index in [1.165, 1.54) is 31.1 Å². The van der Waals surface area contributed by atoms with Crippen molar-refractivity contribution in [1.29, 1.82) is 0 Å². The Hall–Kier alpha value is -2.34. The second-order valence-electron chi connectivity index (χ2n) is 7.75. The topological polar surface area (TPSA) is 58.8 Å². The molecule has 1 amide bonds. The van der Waals surface area contributed by atoms with E-state index in [1.807, 2.05) is 11.0 Å². The first kappa shape index (κ1) is 19.0. The molecular weight excluding hydrogens is 354 g/mol. The Labute approximate surface area is 166 Å². The fourth-order valence-electron chi connectivity index (χ4n) is 4.30. The number of hydrogen-bond donors (Lipinski definition) is 0. The van der Waals surface area contributed by atoms with Crippen LogP contribution in [-0.2, 0) is 6.42 Å². The van der Waals surface area contributed by atoms with Gasteiger partial charge in [0.2, 0.25) is 0 Å². The Morgan fingerprint density at radius 3 is 2.89 bits per heavy atom. The fourth-order valence-corrected chi connectivity index (χ4v) is 4.30. The molecule has 1 aromatic carbocycles. The maximum Gasteiger partial charge on any atom is 0.276 e. The van der Waals surface area contributed by atoms with Crippen LogP contribution < -0.4 is 4.74 Å². The smallest absolute Gasteiger partial charge is 0.276 e. The molecular formula is C22H29N3O3. The summed E-state index contributed by atoms with van der Waals surface area (Å²) >= 11 is 0. The van der Waals surface area contributed by atoms with Crippen LogP contribution in [0.4, 0.5) is 0 Å². The predicted molar refractivity (Wildman–Crippen MR) is 106 cm³/mol. The zero-order chi connectivity index (χ0) is 19.2. The van der Waals surface area contributed by atoms with Crippen LogP contribution in [0.25, 0.3) is 0 Å². The molecule has 1 aromatic heterocycles. The van der Waals surface area contributed by atoms with Crippen LogP contribution in [-0.4, -0.2) is 59.7 Å². The van der Waals surface area contributed by atoms with Crippen LogP contribution in [0.5, 0.6) is 5.75 Å². The second-order valence-corrected chi connectivity index (χ2v) is 7.75. The van der Waals surface area contributed by atoms with Crippen LogP contribution in [0.3, 0.4) is 0 Å². The van der Waals surface area contributed by atoms with Crippen molar-refractivity contribution in [3.05, 3.63) is 47.9 Å². The number of rotatable bonds is 1. The molecule has 0 radical (unpaired) electrons. The summed E-state index contributed by atoms with van der Waals surface area (Å²) in [4.78, 5) is 17.3. The second kappa shape index (κ2) is 9.24. The quantitative estimate of drug-likeness (QED) is 0.756. The first-order chi connectivity index (χ1) is 13.8. The van der Waals surface area contributed by atoms with Gasteiger partial charge in [0.15, 0.2) is 5.69 Å². The predicted octanol–water partition coefficient (Wildman–Crippen LogP) is 3.39. The van der Waals surface area contributed by atoms with Gasteiger partial charge in [-0.05, 0) is 56.3 Å². The van der Waals surface area contributed by atoms with E-state index in [0.717, 1.165) is 38.1 Å². The summed E-state index contributed by atoms with van der Waals surface area (Å²) in [6.07, 6.45) is 8.25. The zero-order valence-electron chi connectivity index (χ0n) is 16.4. The molecule has 2 aliphatic heterocycles. The van der Waals surface area contributed by atoms with Crippen molar-refractivity contribution in [1.82, 2.24) is 15.0 Å². The van der Waals surface area contributed by atoms with Crippen molar-refractivity contribution in [3.8, 4) is 5.75 Å². The van der Waals surface area contributed by atoms with E-state index < -0.39 is 0 Å². The Bertz CT molecular complexity index is 762. The standard InChI is InChI=1S/C22H29N3O3/c26-22(21-10-16-28-23-21)25-12-4-15-27-20-7-3-5-18(17-20)8-9-19-6-1-2-11-24(19)13-14-25/h3,5,7,10,16-17,19H,1-2,4,6,8-9,11-15H2. The number of amides is 1. The zero-order valence-corrected chi connectivity index (χ0v) is 16.4. The van der Waals surface area contributed by atoms with E-state index >= 15 is 0 Å². The van der Waals surface area contributed by atoms with Gasteiger partial charge in [-0.15, -0.1) is 0 Å². The molecule has 2 bridgehead atoms. The van der Waals surface area contributed by atoms with Crippen LogP contribution in [0, 0.1) is 0 Å². The van der Waals surface area contributed by atoms with E-state index in [2.05, 4.69) is 28.3 Å². The van der Waals surface area contributed by atoms with Gasteiger partial charge in [-0.2, -0.15) is 0 Å². The number of benzene rings is 1. The van der Waals surface area contributed by atoms with Crippen molar-refractivity contribution >= 4 is 5.91 Å². The normalized spacial score (nSPS) is 22.0. The van der Waals surface area contributed by atoms with Gasteiger partial charge in [0.05, 0.1) is 6.61 Å². The summed E-state index contributed by atoms with van der Waals surface area (Å²) in [5.74, 6) is 0.862. The lowest BCUT2D eigenvalue weighted by Crippen LogP contribution is -2.45. The molecule has 0 saturated carbocycles. The molecule has 2 aromatic rings. The molecule has 28 heavy (non-hydrogen) atoms. The van der Waals surface area contributed by atoms with Crippen LogP contribution in [0.15, 0.2) is 41.1 Å². The molecule has 0 spiro atoms. The highest BCUT2D eigenvalue weighted by Crippen LogP contribution is 2.23. The number of hydrogen-bond acceptors (Lipinski definition) is 5. The SMILES string of the molecule is O=C(c1ccon1)N1CCCOc2cccc(c2)CCC2CCCCN2CC1. The first-order valence-electron chi connectivity index (χ1n) is 10.4. The van der Waals surface area contributed by atoms with Gasteiger partial charge < -0.3 is 14.2 Å². The highest BCUT2D eigenvalue weighted by molar-refractivity contribution is 5.92. The molecule has 0 N–H and O–H groups in total. The van der Waals surface area contributed by atoms with Gasteiger partial charge in [-0.3, -0.25) is 9.69 Å². The molecule has 150 valence electrons. The summed E-state index contributed by atoms with van der Waals surface area (Å²) in [5, 5.41) is 3.84. The van der Waals surface area contributed by atoms with Crippen molar-refractivity contribution in [2.75, 3.05) is 32.8 Å². The number of aromatic nitrogens is 1. The summed E-state index contributed by atoms with van der Waals surface area (Å²) in [6, 6.07) is 10.7. The molecule has 6 nitrogen and oxygen atoms in total. The summed E-state index contributed by atoms with van der Waals surface area (Å²) in [6.45, 7) is 4.00. The Kier molecular flexibility index (Phi) is 6.27. The van der Waals surface area contributed by atoms with Crippen molar-refractivity contribution in [2.45, 2.75) is 44.6 Å². The Morgan fingerprint density at radius 2 is 2.00 bits per heavy atom. The number of carbonyl (C=O) groups is 1. The van der Waals surface area contributed by atoms with E-state index in [-0.39, 0.29) is 5.91 Å². The molecule has 1 atom stereocenters. The number of fused-ring (bicyclic) bond motifs is 3. The molecule has 0 aliphatic carbocycles. The summed E-state index contributed by atoms with van der Waals surface area (Å²) < 4.78 is 10.8. The van der Waals surface area contributed by atoms with Gasteiger partial charge in [0.1, 0.15) is 12.0 Å². The van der Waals surface area contributed by atoms with Gasteiger partial charge in [-0.1, -0.05) is 23.7 Å². The summed E-state index contributed by atoms with van der Waals surface area (Å²) in [7, 11) is 0. The van der Waals surface area contributed by atoms with E-state index in [9.17, 15) is 4.79 Å². The molecule has 2 aliphatic rings. The number of ether oxygens (including phenoxy) is 1. The molecule has 1 fully saturated rings. The third-order valence-electron chi connectivity index (χ3n) is 5.86. The molecule has 1 unspecified atom stereocenters. The average molecular weight is 383 g/mol. The van der Waals surface area contributed by atoms with Gasteiger partial charge in [0, 0.05) is 31.7 Å². The van der Waals surface area contributed by atoms with Gasteiger partial charge in [-0.25, -0.2) is 0 Å². The lowest BCUT2D eigenvalue weighted by molar-refractivity contribution is 0.0673. The van der Waals surface area contributed by atoms with E-state index in [4.69, 9.17) is 9.26 Å². The molecule has 1 saturated heterocycles. The van der Waals surface area contributed by atoms with Crippen LogP contribution in [0.2, 0.25) is 0 Å².